The van der Waals surface area contributed by atoms with Crippen molar-refractivity contribution >= 4 is 11.4 Å². The van der Waals surface area contributed by atoms with Crippen LogP contribution in [0, 0.1) is 0 Å². The monoisotopic (exact) mass is 248 g/mol. The van der Waals surface area contributed by atoms with Crippen LogP contribution in [0.4, 0.5) is 0 Å². The van der Waals surface area contributed by atoms with E-state index in [1.165, 1.54) is 0 Å². The van der Waals surface area contributed by atoms with Gasteiger partial charge in [0, 0.05) is 17.1 Å². The van der Waals surface area contributed by atoms with Crippen molar-refractivity contribution in [3.05, 3.63) is 29.8 Å². The Morgan fingerprint density at radius 1 is 1.38 bits per heavy atom. The van der Waals surface area contributed by atoms with Crippen molar-refractivity contribution in [1.82, 2.24) is 0 Å². The van der Waals surface area contributed by atoms with E-state index in [0.29, 0.717) is 5.75 Å². The second kappa shape index (κ2) is 6.16. The molecule has 1 radical (unpaired) electrons. The summed E-state index contributed by atoms with van der Waals surface area (Å²) in [5.41, 5.74) is 1.15. The van der Waals surface area contributed by atoms with Gasteiger partial charge in [-0.3, -0.25) is 0 Å². The van der Waals surface area contributed by atoms with Crippen molar-refractivity contribution in [3.63, 3.8) is 0 Å². The van der Waals surface area contributed by atoms with E-state index < -0.39 is 11.4 Å². The molecule has 0 saturated carbocycles. The summed E-state index contributed by atoms with van der Waals surface area (Å²) in [6.45, 7) is 2.03. The molecule has 77 valence electrons. The Morgan fingerprint density at radius 3 is 2.31 bits per heavy atom. The largest absolute Gasteiger partial charge is 0.740 e. The fourth-order valence-corrected chi connectivity index (χ4v) is 1.13. The van der Waals surface area contributed by atoms with E-state index in [2.05, 4.69) is 4.18 Å². The summed E-state index contributed by atoms with van der Waals surface area (Å²) in [6.07, 6.45) is 0.931. The Balaban J connectivity index is 0.00000144. The summed E-state index contributed by atoms with van der Waals surface area (Å²) in [5, 5.41) is 0. The molecule has 0 fully saturated rings. The predicted octanol–water partition coefficient (Wildman–Crippen LogP) is 1.42. The van der Waals surface area contributed by atoms with Gasteiger partial charge < -0.3 is 8.74 Å². The molecule has 0 heterocycles. The average molecular weight is 249 g/mol. The Kier molecular flexibility index (Phi) is 5.99. The number of hydrogen-bond donors (Lipinski definition) is 0. The zero-order valence-electron chi connectivity index (χ0n) is 6.95. The van der Waals surface area contributed by atoms with E-state index in [0.717, 1.165) is 12.0 Å². The van der Waals surface area contributed by atoms with E-state index in [4.69, 9.17) is 0 Å². The first-order valence-electron chi connectivity index (χ1n) is 3.59. The Bertz CT molecular complexity index is 273. The number of rotatable bonds is 3. The Hall–Kier alpha value is -0.351. The smallest absolute Gasteiger partial charge is 0.139 e. The van der Waals surface area contributed by atoms with Gasteiger partial charge in [-0.1, -0.05) is 19.1 Å². The Labute approximate surface area is 90.5 Å². The molecular formula is C8H9CuO3S-. The molecule has 5 heteroatoms. The number of hydrogen-bond acceptors (Lipinski definition) is 3. The molecule has 1 unspecified atom stereocenters. The molecule has 0 aliphatic carbocycles. The molecule has 0 aromatic heterocycles. The van der Waals surface area contributed by atoms with Crippen LogP contribution in [0.2, 0.25) is 0 Å². The van der Waals surface area contributed by atoms with Crippen molar-refractivity contribution in [3.8, 4) is 5.75 Å². The molecule has 0 spiro atoms. The maximum atomic E-state index is 10.1. The number of aryl methyl sites for hydroxylation is 1. The van der Waals surface area contributed by atoms with Crippen molar-refractivity contribution < 1.29 is 30.0 Å². The van der Waals surface area contributed by atoms with E-state index in [1.54, 1.807) is 12.1 Å². The minimum absolute atomic E-state index is 0. The van der Waals surface area contributed by atoms with Crippen LogP contribution in [0.1, 0.15) is 12.5 Å². The van der Waals surface area contributed by atoms with Crippen LogP contribution < -0.4 is 4.18 Å². The van der Waals surface area contributed by atoms with E-state index in [-0.39, 0.29) is 17.1 Å². The van der Waals surface area contributed by atoms with Gasteiger partial charge in [0.1, 0.15) is 17.1 Å². The first-order valence-corrected chi connectivity index (χ1v) is 4.59. The van der Waals surface area contributed by atoms with Gasteiger partial charge in [-0.15, -0.1) is 0 Å². The molecule has 0 aliphatic rings. The van der Waals surface area contributed by atoms with Crippen LogP contribution >= 0.6 is 0 Å². The van der Waals surface area contributed by atoms with Gasteiger partial charge in [-0.2, -0.15) is 0 Å². The maximum Gasteiger partial charge on any atom is 0.139 e. The predicted molar refractivity (Wildman–Crippen MR) is 45.4 cm³/mol. The zero-order chi connectivity index (χ0) is 8.97. The topological polar surface area (TPSA) is 49.4 Å². The van der Waals surface area contributed by atoms with Crippen LogP contribution in [0.5, 0.6) is 5.75 Å². The third-order valence-corrected chi connectivity index (χ3v) is 1.82. The Morgan fingerprint density at radius 2 is 1.92 bits per heavy atom. The summed E-state index contributed by atoms with van der Waals surface area (Å²) in [7, 11) is 0. The molecule has 0 aliphatic heterocycles. The van der Waals surface area contributed by atoms with Gasteiger partial charge >= 0.3 is 0 Å². The third kappa shape index (κ3) is 4.43. The van der Waals surface area contributed by atoms with Gasteiger partial charge in [-0.05, 0) is 24.1 Å². The van der Waals surface area contributed by atoms with Crippen molar-refractivity contribution in [2.75, 3.05) is 0 Å². The van der Waals surface area contributed by atoms with E-state index >= 15 is 0 Å². The molecule has 0 amide bonds. The van der Waals surface area contributed by atoms with E-state index in [1.807, 2.05) is 19.1 Å². The van der Waals surface area contributed by atoms with Crippen molar-refractivity contribution in [2.24, 2.45) is 0 Å². The number of benzene rings is 1. The summed E-state index contributed by atoms with van der Waals surface area (Å²) < 4.78 is 24.6. The minimum atomic E-state index is -2.48. The van der Waals surface area contributed by atoms with E-state index in [9.17, 15) is 8.76 Å². The third-order valence-electron chi connectivity index (χ3n) is 1.50. The van der Waals surface area contributed by atoms with Crippen LogP contribution in [-0.4, -0.2) is 8.76 Å². The fourth-order valence-electron chi connectivity index (χ4n) is 0.859. The van der Waals surface area contributed by atoms with Gasteiger partial charge in [0.05, 0.1) is 0 Å². The van der Waals surface area contributed by atoms with Crippen LogP contribution in [0.15, 0.2) is 24.3 Å². The van der Waals surface area contributed by atoms with Gasteiger partial charge in [0.25, 0.3) is 0 Å². The molecule has 1 atom stereocenters. The average Bonchev–Trinajstić information content (AvgIpc) is 2.05. The van der Waals surface area contributed by atoms with Crippen LogP contribution in [0.25, 0.3) is 0 Å². The fraction of sp³-hybridized carbons (Fsp3) is 0.250. The second-order valence-electron chi connectivity index (χ2n) is 2.28. The molecule has 0 bridgehead atoms. The summed E-state index contributed by atoms with van der Waals surface area (Å²) in [4.78, 5) is 0. The molecular weight excluding hydrogens is 240 g/mol. The minimum Gasteiger partial charge on any atom is -0.740 e. The first-order chi connectivity index (χ1) is 5.72. The standard InChI is InChI=1S/C8H10O3S.Cu/c1-2-7-3-5-8(6-4-7)11-12(9)10;/h3-6H,2H2,1H3,(H,9,10);/p-1. The van der Waals surface area contributed by atoms with Crippen LogP contribution in [0.3, 0.4) is 0 Å². The zero-order valence-corrected chi connectivity index (χ0v) is 8.71. The van der Waals surface area contributed by atoms with Gasteiger partial charge in [0.15, 0.2) is 0 Å². The summed E-state index contributed by atoms with van der Waals surface area (Å²) in [5.74, 6) is 0.348. The molecule has 1 aromatic carbocycles. The van der Waals surface area contributed by atoms with Crippen LogP contribution in [-0.2, 0) is 34.9 Å². The summed E-state index contributed by atoms with van der Waals surface area (Å²) >= 11 is -2.48. The second-order valence-corrected chi connectivity index (χ2v) is 2.86. The summed E-state index contributed by atoms with van der Waals surface area (Å²) in [6, 6.07) is 6.94. The molecule has 0 saturated heterocycles. The van der Waals surface area contributed by atoms with Crippen molar-refractivity contribution in [1.29, 1.82) is 0 Å². The molecule has 13 heavy (non-hydrogen) atoms. The SMILES string of the molecule is CCc1ccc(OS(=O)[O-])cc1.[Cu]. The normalized spacial score (nSPS) is 11.5. The van der Waals surface area contributed by atoms with Crippen molar-refractivity contribution in [2.45, 2.75) is 13.3 Å². The first kappa shape index (κ1) is 12.6. The molecule has 0 N–H and O–H groups in total. The molecule has 3 nitrogen and oxygen atoms in total. The van der Waals surface area contributed by atoms with Gasteiger partial charge in [0.2, 0.25) is 0 Å². The van der Waals surface area contributed by atoms with Gasteiger partial charge in [-0.25, -0.2) is 4.21 Å². The molecule has 1 rings (SSSR count). The quantitative estimate of drug-likeness (QED) is 0.601. The maximum absolute atomic E-state index is 10.1. The molecule has 1 aromatic rings.